The molecule has 94 valence electrons. The van der Waals surface area contributed by atoms with Crippen LogP contribution >= 0.6 is 0 Å². The van der Waals surface area contributed by atoms with E-state index in [1.165, 1.54) is 6.42 Å². The minimum absolute atomic E-state index is 0.144. The van der Waals surface area contributed by atoms with Crippen molar-refractivity contribution in [1.29, 1.82) is 0 Å². The van der Waals surface area contributed by atoms with Crippen LogP contribution in [0.2, 0.25) is 0 Å². The summed E-state index contributed by atoms with van der Waals surface area (Å²) in [4.78, 5) is 0. The number of oxime groups is 1. The molecule has 1 aliphatic rings. The van der Waals surface area contributed by atoms with Gasteiger partial charge in [0, 0.05) is 6.54 Å². The zero-order valence-corrected chi connectivity index (χ0v) is 9.95. The molecular formula is C11H23N3O2. The number of hydrogen-bond donors (Lipinski definition) is 4. The van der Waals surface area contributed by atoms with E-state index in [0.717, 1.165) is 31.6 Å². The second kappa shape index (κ2) is 6.06. The van der Waals surface area contributed by atoms with Gasteiger partial charge < -0.3 is 21.4 Å². The molecule has 1 fully saturated rings. The number of aliphatic hydroxyl groups is 1. The normalized spacial score (nSPS) is 31.6. The van der Waals surface area contributed by atoms with E-state index in [9.17, 15) is 5.11 Å². The molecule has 0 amide bonds. The summed E-state index contributed by atoms with van der Waals surface area (Å²) >= 11 is 0. The SMILES string of the molecule is CCC1CCC(O)(CNCC(N)=NO)CC1. The fraction of sp³-hybridized carbons (Fsp3) is 0.909. The molecule has 16 heavy (non-hydrogen) atoms. The van der Waals surface area contributed by atoms with E-state index in [-0.39, 0.29) is 5.84 Å². The molecule has 0 spiro atoms. The number of nitrogens with zero attached hydrogens (tertiary/aromatic N) is 1. The van der Waals surface area contributed by atoms with Crippen LogP contribution in [0.4, 0.5) is 0 Å². The molecule has 5 heteroatoms. The van der Waals surface area contributed by atoms with Crippen LogP contribution in [0.5, 0.6) is 0 Å². The van der Waals surface area contributed by atoms with E-state index in [2.05, 4.69) is 17.4 Å². The Morgan fingerprint density at radius 3 is 2.62 bits per heavy atom. The van der Waals surface area contributed by atoms with Gasteiger partial charge in [0.05, 0.1) is 12.1 Å². The van der Waals surface area contributed by atoms with Crippen molar-refractivity contribution in [3.63, 3.8) is 0 Å². The quantitative estimate of drug-likeness (QED) is 0.241. The van der Waals surface area contributed by atoms with Crippen molar-refractivity contribution in [2.45, 2.75) is 44.6 Å². The maximum atomic E-state index is 10.3. The van der Waals surface area contributed by atoms with Crippen molar-refractivity contribution in [2.75, 3.05) is 13.1 Å². The number of rotatable bonds is 5. The van der Waals surface area contributed by atoms with Gasteiger partial charge in [-0.3, -0.25) is 0 Å². The molecule has 0 radical (unpaired) electrons. The van der Waals surface area contributed by atoms with Gasteiger partial charge in [-0.15, -0.1) is 0 Å². The molecule has 1 aliphatic carbocycles. The second-order valence-corrected chi connectivity index (χ2v) is 4.77. The molecule has 1 saturated carbocycles. The second-order valence-electron chi connectivity index (χ2n) is 4.77. The Morgan fingerprint density at radius 1 is 1.50 bits per heavy atom. The summed E-state index contributed by atoms with van der Waals surface area (Å²) in [6.45, 7) is 3.03. The number of nitrogens with two attached hydrogens (primary N) is 1. The van der Waals surface area contributed by atoms with Crippen LogP contribution in [0.15, 0.2) is 5.16 Å². The van der Waals surface area contributed by atoms with Crippen molar-refractivity contribution >= 4 is 5.84 Å². The molecule has 0 aromatic heterocycles. The summed E-state index contributed by atoms with van der Waals surface area (Å²) in [6.07, 6.45) is 5.08. The molecule has 5 N–H and O–H groups in total. The lowest BCUT2D eigenvalue weighted by atomic mass is 9.78. The smallest absolute Gasteiger partial charge is 0.153 e. The molecule has 0 saturated heterocycles. The molecule has 1 rings (SSSR count). The summed E-state index contributed by atoms with van der Waals surface area (Å²) < 4.78 is 0. The molecule has 0 atom stereocenters. The van der Waals surface area contributed by atoms with Crippen LogP contribution in [0.25, 0.3) is 0 Å². The highest BCUT2D eigenvalue weighted by atomic mass is 16.4. The van der Waals surface area contributed by atoms with E-state index < -0.39 is 5.60 Å². The average molecular weight is 229 g/mol. The molecule has 0 aromatic carbocycles. The third-order valence-corrected chi connectivity index (χ3v) is 3.50. The molecular weight excluding hydrogens is 206 g/mol. The van der Waals surface area contributed by atoms with Gasteiger partial charge in [-0.2, -0.15) is 0 Å². The Morgan fingerprint density at radius 2 is 2.12 bits per heavy atom. The first kappa shape index (κ1) is 13.3. The first-order chi connectivity index (χ1) is 7.59. The van der Waals surface area contributed by atoms with Crippen molar-refractivity contribution in [1.82, 2.24) is 5.32 Å². The first-order valence-electron chi connectivity index (χ1n) is 5.99. The van der Waals surface area contributed by atoms with E-state index in [4.69, 9.17) is 10.9 Å². The standard InChI is InChI=1S/C11H23N3O2/c1-2-9-3-5-11(15,6-4-9)8-13-7-10(12)14-16/h9,13,15-16H,2-8H2,1H3,(H2,12,14). The van der Waals surface area contributed by atoms with E-state index in [0.29, 0.717) is 13.1 Å². The van der Waals surface area contributed by atoms with Gasteiger partial charge in [0.2, 0.25) is 0 Å². The van der Waals surface area contributed by atoms with E-state index >= 15 is 0 Å². The van der Waals surface area contributed by atoms with Gasteiger partial charge in [0.1, 0.15) is 0 Å². The molecule has 0 bridgehead atoms. The van der Waals surface area contributed by atoms with Crippen molar-refractivity contribution in [3.8, 4) is 0 Å². The average Bonchev–Trinajstić information content (AvgIpc) is 2.30. The Kier molecular flexibility index (Phi) is 5.02. The minimum Gasteiger partial charge on any atom is -0.409 e. The van der Waals surface area contributed by atoms with Crippen LogP contribution in [-0.4, -0.2) is 34.8 Å². The third-order valence-electron chi connectivity index (χ3n) is 3.50. The first-order valence-corrected chi connectivity index (χ1v) is 5.99. The highest BCUT2D eigenvalue weighted by molar-refractivity contribution is 5.81. The van der Waals surface area contributed by atoms with Gasteiger partial charge in [-0.1, -0.05) is 18.5 Å². The Balaban J connectivity index is 2.26. The predicted molar refractivity (Wildman–Crippen MR) is 63.5 cm³/mol. The van der Waals surface area contributed by atoms with Crippen molar-refractivity contribution < 1.29 is 10.3 Å². The van der Waals surface area contributed by atoms with Crippen LogP contribution in [0.3, 0.4) is 0 Å². The zero-order chi connectivity index (χ0) is 12.0. The van der Waals surface area contributed by atoms with Gasteiger partial charge in [0.15, 0.2) is 5.84 Å². The van der Waals surface area contributed by atoms with Crippen LogP contribution < -0.4 is 11.1 Å². The van der Waals surface area contributed by atoms with E-state index in [1.54, 1.807) is 0 Å². The summed E-state index contributed by atoms with van der Waals surface area (Å²) in [6, 6.07) is 0. The number of nitrogens with one attached hydrogen (secondary N) is 1. The van der Waals surface area contributed by atoms with Gasteiger partial charge in [-0.05, 0) is 31.6 Å². The minimum atomic E-state index is -0.610. The molecule has 0 aliphatic heterocycles. The summed E-state index contributed by atoms with van der Waals surface area (Å²) in [5, 5.41) is 24.5. The van der Waals surface area contributed by atoms with Gasteiger partial charge in [0.25, 0.3) is 0 Å². The van der Waals surface area contributed by atoms with Crippen LogP contribution in [0, 0.1) is 5.92 Å². The van der Waals surface area contributed by atoms with Crippen molar-refractivity contribution in [2.24, 2.45) is 16.8 Å². The fourth-order valence-electron chi connectivity index (χ4n) is 2.26. The summed E-state index contributed by atoms with van der Waals surface area (Å²) in [5.41, 5.74) is 4.72. The zero-order valence-electron chi connectivity index (χ0n) is 9.95. The van der Waals surface area contributed by atoms with Crippen molar-refractivity contribution in [3.05, 3.63) is 0 Å². The number of hydrogen-bond acceptors (Lipinski definition) is 4. The summed E-state index contributed by atoms with van der Waals surface area (Å²) in [7, 11) is 0. The maximum absolute atomic E-state index is 10.3. The molecule has 0 heterocycles. The predicted octanol–water partition coefficient (Wildman–Crippen LogP) is 0.654. The highest BCUT2D eigenvalue weighted by Crippen LogP contribution is 2.33. The molecule has 5 nitrogen and oxygen atoms in total. The Bertz CT molecular complexity index is 235. The third kappa shape index (κ3) is 3.98. The van der Waals surface area contributed by atoms with Gasteiger partial charge in [-0.25, -0.2) is 0 Å². The lowest BCUT2D eigenvalue weighted by molar-refractivity contribution is -0.00767. The monoisotopic (exact) mass is 229 g/mol. The van der Waals surface area contributed by atoms with Crippen LogP contribution in [0.1, 0.15) is 39.0 Å². The maximum Gasteiger partial charge on any atom is 0.153 e. The fourth-order valence-corrected chi connectivity index (χ4v) is 2.26. The Labute approximate surface area is 96.7 Å². The van der Waals surface area contributed by atoms with Crippen LogP contribution in [-0.2, 0) is 0 Å². The topological polar surface area (TPSA) is 90.9 Å². The van der Waals surface area contributed by atoms with Gasteiger partial charge >= 0.3 is 0 Å². The molecule has 0 unspecified atom stereocenters. The number of amidine groups is 1. The van der Waals surface area contributed by atoms with E-state index in [1.807, 2.05) is 0 Å². The summed E-state index contributed by atoms with van der Waals surface area (Å²) in [5.74, 6) is 0.912. The molecule has 0 aromatic rings. The highest BCUT2D eigenvalue weighted by Gasteiger charge is 2.32. The lowest BCUT2D eigenvalue weighted by Gasteiger charge is -2.36. The Hall–Kier alpha value is -0.810. The lowest BCUT2D eigenvalue weighted by Crippen LogP contribution is -2.45. The largest absolute Gasteiger partial charge is 0.409 e.